The Hall–Kier alpha value is -1.48. The van der Waals surface area contributed by atoms with Crippen LogP contribution in [0, 0.1) is 29.6 Å². The molecule has 0 N–H and O–H groups in total. The van der Waals surface area contributed by atoms with E-state index >= 15 is 0 Å². The first-order valence-corrected chi connectivity index (χ1v) is 9.95. The lowest BCUT2D eigenvalue weighted by molar-refractivity contribution is 0.171. The van der Waals surface area contributed by atoms with Crippen LogP contribution >= 0.6 is 0 Å². The van der Waals surface area contributed by atoms with Crippen LogP contribution in [-0.2, 0) is 0 Å². The topological polar surface area (TPSA) is 0 Å². The molecular formula is C24H32. The monoisotopic (exact) mass is 320 g/mol. The Morgan fingerprint density at radius 1 is 0.833 bits per heavy atom. The second kappa shape index (κ2) is 8.57. The number of rotatable bonds is 3. The van der Waals surface area contributed by atoms with Crippen LogP contribution in [0.3, 0.4) is 0 Å². The molecule has 2 aliphatic rings. The van der Waals surface area contributed by atoms with Gasteiger partial charge in [-0.2, -0.15) is 0 Å². The maximum atomic E-state index is 3.15. The molecule has 128 valence electrons. The Labute approximate surface area is 148 Å². The molecule has 0 spiro atoms. The Morgan fingerprint density at radius 2 is 1.42 bits per heavy atom. The summed E-state index contributed by atoms with van der Waals surface area (Å²) in [5.41, 5.74) is 2.68. The van der Waals surface area contributed by atoms with E-state index in [1.54, 1.807) is 0 Å². The van der Waals surface area contributed by atoms with Crippen LogP contribution in [0.4, 0.5) is 0 Å². The van der Waals surface area contributed by atoms with E-state index in [1.165, 1.54) is 56.9 Å². The Morgan fingerprint density at radius 3 is 1.96 bits per heavy atom. The molecule has 0 bridgehead atoms. The minimum Gasteiger partial charge on any atom is -0.101 e. The zero-order valence-corrected chi connectivity index (χ0v) is 15.4. The molecule has 0 heterocycles. The first kappa shape index (κ1) is 17.3. The van der Waals surface area contributed by atoms with E-state index in [0.717, 1.165) is 29.2 Å². The summed E-state index contributed by atoms with van der Waals surface area (Å²) in [6.07, 6.45) is 16.1. The van der Waals surface area contributed by atoms with Crippen molar-refractivity contribution in [3.8, 4) is 11.8 Å². The lowest BCUT2D eigenvalue weighted by Crippen LogP contribution is -2.25. The van der Waals surface area contributed by atoms with E-state index in [4.69, 9.17) is 0 Å². The summed E-state index contributed by atoms with van der Waals surface area (Å²) in [5.74, 6) is 9.78. The van der Waals surface area contributed by atoms with E-state index in [9.17, 15) is 0 Å². The number of hydrogen-bond acceptors (Lipinski definition) is 0. The van der Waals surface area contributed by atoms with Crippen molar-refractivity contribution in [2.24, 2.45) is 17.8 Å². The van der Waals surface area contributed by atoms with Gasteiger partial charge in [0.15, 0.2) is 0 Å². The average molecular weight is 321 g/mol. The van der Waals surface area contributed by atoms with Crippen molar-refractivity contribution in [1.29, 1.82) is 0 Å². The van der Waals surface area contributed by atoms with Crippen LogP contribution in [0.1, 0.15) is 82.3 Å². The summed E-state index contributed by atoms with van der Waals surface area (Å²) in [5, 5.41) is 0. The van der Waals surface area contributed by atoms with Crippen molar-refractivity contribution >= 4 is 0 Å². The molecule has 2 aliphatic carbocycles. The molecular weight excluding hydrogens is 288 g/mol. The van der Waals surface area contributed by atoms with Gasteiger partial charge in [-0.1, -0.05) is 30.2 Å². The van der Waals surface area contributed by atoms with E-state index < -0.39 is 0 Å². The normalized spacial score (nSPS) is 30.8. The molecule has 0 aromatic heterocycles. The van der Waals surface area contributed by atoms with E-state index in [-0.39, 0.29) is 0 Å². The van der Waals surface area contributed by atoms with Crippen molar-refractivity contribution in [1.82, 2.24) is 0 Å². The second-order valence-corrected chi connectivity index (χ2v) is 7.81. The molecule has 2 fully saturated rings. The van der Waals surface area contributed by atoms with Gasteiger partial charge in [-0.25, -0.2) is 0 Å². The molecule has 1 aromatic carbocycles. The molecule has 3 rings (SSSR count). The first-order chi connectivity index (χ1) is 11.8. The Kier molecular flexibility index (Phi) is 6.19. The molecule has 0 unspecified atom stereocenters. The molecule has 24 heavy (non-hydrogen) atoms. The molecule has 0 saturated heterocycles. The van der Waals surface area contributed by atoms with Gasteiger partial charge in [0, 0.05) is 5.56 Å². The first-order valence-electron chi connectivity index (χ1n) is 9.95. The SMILES string of the molecule is CC#Cc1ccc(C2CCC(C3CCC(/C=C/C)CC3)CC2)cc1. The average Bonchev–Trinajstić information content (AvgIpc) is 2.64. The minimum absolute atomic E-state index is 0.782. The standard InChI is InChI=1S/C24H32/c1-3-5-19-7-11-21(12-8-19)23-15-17-24(18-16-23)22-13-9-20(6-4-2)10-14-22/h3,5,9-10,13-14,19,21,23-24H,7-8,11-12,15-18H2,1-2H3/b5-3+. The van der Waals surface area contributed by atoms with Crippen LogP contribution in [-0.4, -0.2) is 0 Å². The van der Waals surface area contributed by atoms with E-state index in [1.807, 2.05) is 6.92 Å². The molecule has 0 aliphatic heterocycles. The van der Waals surface area contributed by atoms with Gasteiger partial charge >= 0.3 is 0 Å². The van der Waals surface area contributed by atoms with Crippen molar-refractivity contribution < 1.29 is 0 Å². The van der Waals surface area contributed by atoms with Gasteiger partial charge in [-0.3, -0.25) is 0 Å². The zero-order chi connectivity index (χ0) is 16.8. The third-order valence-electron chi connectivity index (χ3n) is 6.37. The van der Waals surface area contributed by atoms with Gasteiger partial charge in [-0.15, -0.1) is 5.92 Å². The number of hydrogen-bond donors (Lipinski definition) is 0. The second-order valence-electron chi connectivity index (χ2n) is 7.81. The van der Waals surface area contributed by atoms with Gasteiger partial charge in [0.1, 0.15) is 0 Å². The van der Waals surface area contributed by atoms with Gasteiger partial charge in [0.25, 0.3) is 0 Å². The Balaban J connectivity index is 1.49. The summed E-state index contributed by atoms with van der Waals surface area (Å²) in [6.45, 7) is 4.07. The summed E-state index contributed by atoms with van der Waals surface area (Å²) in [6, 6.07) is 9.01. The Bertz CT molecular complexity index is 579. The molecule has 0 nitrogen and oxygen atoms in total. The third-order valence-corrected chi connectivity index (χ3v) is 6.37. The highest BCUT2D eigenvalue weighted by Gasteiger charge is 2.30. The summed E-state index contributed by atoms with van der Waals surface area (Å²) < 4.78 is 0. The van der Waals surface area contributed by atoms with E-state index in [0.29, 0.717) is 0 Å². The lowest BCUT2D eigenvalue weighted by atomic mass is 9.68. The van der Waals surface area contributed by atoms with Crippen molar-refractivity contribution in [3.05, 3.63) is 47.5 Å². The number of allylic oxidation sites excluding steroid dienone is 2. The van der Waals surface area contributed by atoms with Gasteiger partial charge in [0.05, 0.1) is 0 Å². The smallest absolute Gasteiger partial charge is 0.0245 e. The van der Waals surface area contributed by atoms with Crippen molar-refractivity contribution in [3.63, 3.8) is 0 Å². The van der Waals surface area contributed by atoms with Gasteiger partial charge in [-0.05, 0) is 107 Å². The molecule has 0 radical (unpaired) electrons. The number of benzene rings is 1. The fraction of sp³-hybridized carbons (Fsp3) is 0.583. The largest absolute Gasteiger partial charge is 0.101 e. The van der Waals surface area contributed by atoms with Crippen LogP contribution in [0.15, 0.2) is 36.4 Å². The van der Waals surface area contributed by atoms with Crippen LogP contribution in [0.25, 0.3) is 0 Å². The molecule has 0 amide bonds. The lowest BCUT2D eigenvalue weighted by Gasteiger charge is -2.37. The fourth-order valence-corrected chi connectivity index (χ4v) is 4.99. The van der Waals surface area contributed by atoms with Crippen molar-refractivity contribution in [2.45, 2.75) is 71.1 Å². The predicted molar refractivity (Wildman–Crippen MR) is 104 cm³/mol. The summed E-state index contributed by atoms with van der Waals surface area (Å²) >= 11 is 0. The van der Waals surface area contributed by atoms with Crippen LogP contribution in [0.2, 0.25) is 0 Å². The third kappa shape index (κ3) is 4.32. The summed E-state index contributed by atoms with van der Waals surface area (Å²) in [4.78, 5) is 0. The van der Waals surface area contributed by atoms with Gasteiger partial charge in [0.2, 0.25) is 0 Å². The maximum Gasteiger partial charge on any atom is 0.0245 e. The van der Waals surface area contributed by atoms with Gasteiger partial charge < -0.3 is 0 Å². The van der Waals surface area contributed by atoms with Crippen LogP contribution in [0.5, 0.6) is 0 Å². The quantitative estimate of drug-likeness (QED) is 0.428. The summed E-state index contributed by atoms with van der Waals surface area (Å²) in [7, 11) is 0. The minimum atomic E-state index is 0.782. The highest BCUT2D eigenvalue weighted by atomic mass is 14.4. The fourth-order valence-electron chi connectivity index (χ4n) is 4.99. The zero-order valence-electron chi connectivity index (χ0n) is 15.4. The predicted octanol–water partition coefficient (Wildman–Crippen LogP) is 6.71. The van der Waals surface area contributed by atoms with Crippen molar-refractivity contribution in [2.75, 3.05) is 0 Å². The molecule has 0 atom stereocenters. The molecule has 1 aromatic rings. The highest BCUT2D eigenvalue weighted by molar-refractivity contribution is 5.36. The van der Waals surface area contributed by atoms with E-state index in [2.05, 4.69) is 55.2 Å². The maximum absolute atomic E-state index is 3.15. The molecule has 0 heteroatoms. The highest BCUT2D eigenvalue weighted by Crippen LogP contribution is 2.44. The van der Waals surface area contributed by atoms with Crippen LogP contribution < -0.4 is 0 Å². The molecule has 2 saturated carbocycles.